The molecule has 1 N–H and O–H groups in total. The minimum atomic E-state index is -2.96. The summed E-state index contributed by atoms with van der Waals surface area (Å²) in [7, 11) is 1.59. The average Bonchev–Trinajstić information content (AvgIpc) is 3.17. The number of alkyl halides is 2. The molecule has 1 aromatic heterocycles. The molecule has 3 aromatic rings. The van der Waals surface area contributed by atoms with Crippen LogP contribution in [0.2, 0.25) is 5.02 Å². The van der Waals surface area contributed by atoms with Crippen molar-refractivity contribution in [1.82, 2.24) is 14.8 Å². The summed E-state index contributed by atoms with van der Waals surface area (Å²) in [6, 6.07) is 11.4. The Hall–Kier alpha value is -3.13. The van der Waals surface area contributed by atoms with Crippen LogP contribution >= 0.6 is 11.6 Å². The van der Waals surface area contributed by atoms with Gasteiger partial charge in [0.1, 0.15) is 23.9 Å². The van der Waals surface area contributed by atoms with Gasteiger partial charge in [0.25, 0.3) is 0 Å². The molecule has 1 aliphatic rings. The number of allylic oxidation sites excluding steroid dienone is 1. The standard InChI is InChI=1S/C19H15ClF2N4O2/c1-27-13-5-2-11(3-6-13)15-9-16(26-19(25-15)23-10-24-26)14-8-12(20)4-7-17(14)28-18(21)22/h2-10,16,18H,1H3,(H,23,24,25). The first-order valence-electron chi connectivity index (χ1n) is 8.32. The molecule has 9 heteroatoms. The normalized spacial score (nSPS) is 15.6. The third-order valence-corrected chi connectivity index (χ3v) is 4.55. The maximum Gasteiger partial charge on any atom is 0.387 e. The van der Waals surface area contributed by atoms with E-state index in [0.717, 1.165) is 17.0 Å². The van der Waals surface area contributed by atoms with Crippen molar-refractivity contribution in [3.05, 3.63) is 71.0 Å². The summed E-state index contributed by atoms with van der Waals surface area (Å²) in [5.74, 6) is 1.22. The van der Waals surface area contributed by atoms with Crippen LogP contribution in [0.25, 0.3) is 5.70 Å². The molecule has 0 fully saturated rings. The number of halogens is 3. The van der Waals surface area contributed by atoms with Crippen LogP contribution in [0.1, 0.15) is 17.2 Å². The molecule has 0 aliphatic carbocycles. The smallest absolute Gasteiger partial charge is 0.387 e. The van der Waals surface area contributed by atoms with E-state index in [2.05, 4.69) is 15.4 Å². The van der Waals surface area contributed by atoms with Crippen molar-refractivity contribution in [2.45, 2.75) is 12.7 Å². The number of nitrogens with zero attached hydrogens (tertiary/aromatic N) is 3. The highest BCUT2D eigenvalue weighted by atomic mass is 35.5. The fourth-order valence-electron chi connectivity index (χ4n) is 3.05. The molecular weight excluding hydrogens is 390 g/mol. The molecule has 2 heterocycles. The Morgan fingerprint density at radius 3 is 2.68 bits per heavy atom. The van der Waals surface area contributed by atoms with Crippen molar-refractivity contribution in [3.63, 3.8) is 0 Å². The molecule has 0 radical (unpaired) electrons. The number of fused-ring (bicyclic) bond motifs is 1. The number of aromatic nitrogens is 3. The van der Waals surface area contributed by atoms with Crippen molar-refractivity contribution < 1.29 is 18.3 Å². The molecule has 0 spiro atoms. The SMILES string of the molecule is COc1ccc(C2=CC(c3cc(Cl)ccc3OC(F)F)n3ncnc3N2)cc1. The fourth-order valence-corrected chi connectivity index (χ4v) is 3.23. The maximum atomic E-state index is 12.9. The van der Waals surface area contributed by atoms with Gasteiger partial charge in [-0.1, -0.05) is 11.6 Å². The summed E-state index contributed by atoms with van der Waals surface area (Å²) in [6.07, 6.45) is 3.24. The van der Waals surface area contributed by atoms with Gasteiger partial charge in [-0.05, 0) is 54.1 Å². The number of rotatable bonds is 5. The van der Waals surface area contributed by atoms with Crippen molar-refractivity contribution in [2.24, 2.45) is 0 Å². The molecule has 0 bridgehead atoms. The Morgan fingerprint density at radius 2 is 1.96 bits per heavy atom. The monoisotopic (exact) mass is 404 g/mol. The van der Waals surface area contributed by atoms with E-state index in [4.69, 9.17) is 21.1 Å². The maximum absolute atomic E-state index is 12.9. The van der Waals surface area contributed by atoms with Gasteiger partial charge in [0.05, 0.1) is 7.11 Å². The number of hydrogen-bond donors (Lipinski definition) is 1. The van der Waals surface area contributed by atoms with Gasteiger partial charge in [-0.2, -0.15) is 18.9 Å². The number of anilines is 1. The second kappa shape index (κ2) is 7.47. The molecule has 0 saturated carbocycles. The number of ether oxygens (including phenoxy) is 2. The molecular formula is C19H15ClF2N4O2. The molecule has 0 amide bonds. The van der Waals surface area contributed by atoms with Crippen molar-refractivity contribution >= 4 is 23.2 Å². The summed E-state index contributed by atoms with van der Waals surface area (Å²) in [5, 5.41) is 7.80. The van der Waals surface area contributed by atoms with Crippen LogP contribution < -0.4 is 14.8 Å². The van der Waals surface area contributed by atoms with E-state index in [1.807, 2.05) is 30.3 Å². The number of methoxy groups -OCH3 is 1. The van der Waals surface area contributed by atoms with Crippen molar-refractivity contribution in [1.29, 1.82) is 0 Å². The van der Waals surface area contributed by atoms with Crippen molar-refractivity contribution in [3.8, 4) is 11.5 Å². The Bertz CT molecular complexity index is 1020. The van der Waals surface area contributed by atoms with Crippen LogP contribution in [0.5, 0.6) is 11.5 Å². The van der Waals surface area contributed by atoms with Gasteiger partial charge < -0.3 is 14.8 Å². The minimum Gasteiger partial charge on any atom is -0.497 e. The zero-order chi connectivity index (χ0) is 19.7. The highest BCUT2D eigenvalue weighted by molar-refractivity contribution is 6.30. The molecule has 1 aliphatic heterocycles. The second-order valence-corrected chi connectivity index (χ2v) is 6.40. The lowest BCUT2D eigenvalue weighted by molar-refractivity contribution is -0.0506. The van der Waals surface area contributed by atoms with Gasteiger partial charge in [0, 0.05) is 16.3 Å². The lowest BCUT2D eigenvalue weighted by atomic mass is 10.0. The van der Waals surface area contributed by atoms with Gasteiger partial charge in [-0.3, -0.25) is 0 Å². The van der Waals surface area contributed by atoms with E-state index >= 15 is 0 Å². The van der Waals surface area contributed by atoms with Crippen LogP contribution in [-0.2, 0) is 0 Å². The number of nitrogens with one attached hydrogen (secondary N) is 1. The van der Waals surface area contributed by atoms with E-state index in [1.165, 1.54) is 18.5 Å². The summed E-state index contributed by atoms with van der Waals surface area (Å²) < 4.78 is 37.2. The van der Waals surface area contributed by atoms with Crippen molar-refractivity contribution in [2.75, 3.05) is 12.4 Å². The lowest BCUT2D eigenvalue weighted by Gasteiger charge is -2.26. The van der Waals surface area contributed by atoms with Gasteiger partial charge in [-0.25, -0.2) is 4.68 Å². The van der Waals surface area contributed by atoms with Gasteiger partial charge >= 0.3 is 6.61 Å². The van der Waals surface area contributed by atoms with Crippen LogP contribution in [0.4, 0.5) is 14.7 Å². The van der Waals surface area contributed by atoms with E-state index in [-0.39, 0.29) is 5.75 Å². The number of hydrogen-bond acceptors (Lipinski definition) is 5. The van der Waals surface area contributed by atoms with Crippen LogP contribution in [0.3, 0.4) is 0 Å². The first-order valence-corrected chi connectivity index (χ1v) is 8.70. The largest absolute Gasteiger partial charge is 0.497 e. The van der Waals surface area contributed by atoms with Crippen LogP contribution in [0, 0.1) is 0 Å². The average molecular weight is 405 g/mol. The molecule has 1 unspecified atom stereocenters. The minimum absolute atomic E-state index is 0.0260. The van der Waals surface area contributed by atoms with Crippen LogP contribution in [0.15, 0.2) is 54.9 Å². The molecule has 6 nitrogen and oxygen atoms in total. The first-order chi connectivity index (χ1) is 13.5. The van der Waals surface area contributed by atoms with Gasteiger partial charge in [0.15, 0.2) is 0 Å². The molecule has 4 rings (SSSR count). The summed E-state index contributed by atoms with van der Waals surface area (Å²) in [5.41, 5.74) is 2.07. The van der Waals surface area contributed by atoms with E-state index in [1.54, 1.807) is 17.9 Å². The third kappa shape index (κ3) is 3.50. The highest BCUT2D eigenvalue weighted by Gasteiger charge is 2.27. The third-order valence-electron chi connectivity index (χ3n) is 4.32. The highest BCUT2D eigenvalue weighted by Crippen LogP contribution is 2.38. The van der Waals surface area contributed by atoms with E-state index in [0.29, 0.717) is 16.5 Å². The summed E-state index contributed by atoms with van der Waals surface area (Å²) >= 11 is 6.12. The van der Waals surface area contributed by atoms with Crippen LogP contribution in [-0.4, -0.2) is 28.5 Å². The molecule has 1 atom stereocenters. The lowest BCUT2D eigenvalue weighted by Crippen LogP contribution is -2.21. The Kier molecular flexibility index (Phi) is 4.87. The number of benzene rings is 2. The van der Waals surface area contributed by atoms with Gasteiger partial charge in [-0.15, -0.1) is 0 Å². The zero-order valence-electron chi connectivity index (χ0n) is 14.6. The fraction of sp³-hybridized carbons (Fsp3) is 0.158. The molecule has 28 heavy (non-hydrogen) atoms. The Morgan fingerprint density at radius 1 is 1.18 bits per heavy atom. The Labute approximate surface area is 164 Å². The van der Waals surface area contributed by atoms with E-state index < -0.39 is 12.7 Å². The zero-order valence-corrected chi connectivity index (χ0v) is 15.4. The summed E-state index contributed by atoms with van der Waals surface area (Å²) in [6.45, 7) is -2.96. The van der Waals surface area contributed by atoms with Gasteiger partial charge in [0.2, 0.25) is 5.95 Å². The van der Waals surface area contributed by atoms with E-state index in [9.17, 15) is 8.78 Å². The molecule has 144 valence electrons. The quantitative estimate of drug-likeness (QED) is 0.673. The second-order valence-electron chi connectivity index (χ2n) is 5.97. The predicted molar refractivity (Wildman–Crippen MR) is 101 cm³/mol. The first kappa shape index (κ1) is 18.2. The molecule has 2 aromatic carbocycles. The summed E-state index contributed by atoms with van der Waals surface area (Å²) in [4.78, 5) is 4.21. The Balaban J connectivity index is 1.81. The predicted octanol–water partition coefficient (Wildman–Crippen LogP) is 4.60. The topological polar surface area (TPSA) is 61.2 Å². The molecule has 0 saturated heterocycles.